The van der Waals surface area contributed by atoms with Gasteiger partial charge in [0.1, 0.15) is 28.9 Å². The third kappa shape index (κ3) is 5.72. The fourth-order valence-electron chi connectivity index (χ4n) is 4.17. The summed E-state index contributed by atoms with van der Waals surface area (Å²) in [4.78, 5) is 17.2. The van der Waals surface area contributed by atoms with Gasteiger partial charge in [0, 0.05) is 28.4 Å². The van der Waals surface area contributed by atoms with Crippen molar-refractivity contribution in [2.45, 2.75) is 44.2 Å². The van der Waals surface area contributed by atoms with Gasteiger partial charge >= 0.3 is 0 Å². The molecule has 0 radical (unpaired) electrons. The van der Waals surface area contributed by atoms with Crippen LogP contribution in [0.25, 0.3) is 10.9 Å². The van der Waals surface area contributed by atoms with Gasteiger partial charge < -0.3 is 10.1 Å². The Morgan fingerprint density at radius 2 is 1.89 bits per heavy atom. The molecule has 0 spiro atoms. The molecule has 6 nitrogen and oxygen atoms in total. The SMILES string of the molecule is O=C(NC1CCC(c2nnc(COc3ccc(Cl)c(F)c3)s2)CC1)c1ccc2cc(Cl)ccc2n1. The number of hydrogen-bond acceptors (Lipinski definition) is 6. The van der Waals surface area contributed by atoms with E-state index in [9.17, 15) is 9.18 Å². The monoisotopic (exact) mass is 530 g/mol. The van der Waals surface area contributed by atoms with E-state index in [1.165, 1.54) is 23.5 Å². The second-order valence-electron chi connectivity index (χ2n) is 8.45. The van der Waals surface area contributed by atoms with Crippen molar-refractivity contribution in [3.05, 3.63) is 80.1 Å². The zero-order chi connectivity index (χ0) is 24.4. The van der Waals surface area contributed by atoms with Crippen LogP contribution in [0.15, 0.2) is 48.5 Å². The van der Waals surface area contributed by atoms with Crippen molar-refractivity contribution >= 4 is 51.3 Å². The van der Waals surface area contributed by atoms with E-state index in [1.807, 2.05) is 18.2 Å². The summed E-state index contributed by atoms with van der Waals surface area (Å²) in [5.74, 6) is 0.00193. The molecule has 5 rings (SSSR count). The second-order valence-corrected chi connectivity index (χ2v) is 10.4. The molecule has 0 atom stereocenters. The van der Waals surface area contributed by atoms with E-state index in [1.54, 1.807) is 18.2 Å². The van der Waals surface area contributed by atoms with Crippen LogP contribution in [0, 0.1) is 5.82 Å². The number of carbonyl (C=O) groups excluding carboxylic acids is 1. The Hall–Kier alpha value is -2.81. The molecule has 0 aliphatic heterocycles. The average Bonchev–Trinajstić information content (AvgIpc) is 3.34. The third-order valence-corrected chi connectivity index (χ3v) is 7.63. The van der Waals surface area contributed by atoms with E-state index in [2.05, 4.69) is 20.5 Å². The number of rotatable bonds is 6. The topological polar surface area (TPSA) is 77.0 Å². The first-order valence-corrected chi connectivity index (χ1v) is 12.8. The molecule has 0 saturated heterocycles. The molecule has 0 bridgehead atoms. The van der Waals surface area contributed by atoms with Crippen molar-refractivity contribution in [1.82, 2.24) is 20.5 Å². The van der Waals surface area contributed by atoms with Gasteiger partial charge in [-0.25, -0.2) is 9.37 Å². The second kappa shape index (κ2) is 10.4. The van der Waals surface area contributed by atoms with E-state index in [0.717, 1.165) is 46.6 Å². The number of amides is 1. The van der Waals surface area contributed by atoms with Crippen molar-refractivity contribution in [2.24, 2.45) is 0 Å². The lowest BCUT2D eigenvalue weighted by molar-refractivity contribution is 0.0921. The van der Waals surface area contributed by atoms with Crippen LogP contribution in [0.4, 0.5) is 4.39 Å². The highest BCUT2D eigenvalue weighted by atomic mass is 35.5. The molecule has 10 heteroatoms. The molecule has 1 N–H and O–H groups in total. The minimum absolute atomic E-state index is 0.0567. The Morgan fingerprint density at radius 1 is 1.06 bits per heavy atom. The van der Waals surface area contributed by atoms with Gasteiger partial charge in [0.25, 0.3) is 5.91 Å². The minimum Gasteiger partial charge on any atom is -0.486 e. The lowest BCUT2D eigenvalue weighted by Crippen LogP contribution is -2.37. The van der Waals surface area contributed by atoms with E-state index in [-0.39, 0.29) is 23.6 Å². The van der Waals surface area contributed by atoms with Crippen molar-refractivity contribution < 1.29 is 13.9 Å². The summed E-state index contributed by atoms with van der Waals surface area (Å²) >= 11 is 13.2. The molecule has 35 heavy (non-hydrogen) atoms. The zero-order valence-electron chi connectivity index (χ0n) is 18.5. The fourth-order valence-corrected chi connectivity index (χ4v) is 5.39. The number of hydrogen-bond donors (Lipinski definition) is 1. The van der Waals surface area contributed by atoms with Gasteiger partial charge in [0.15, 0.2) is 5.01 Å². The summed E-state index contributed by atoms with van der Waals surface area (Å²) in [6.45, 7) is 0.217. The van der Waals surface area contributed by atoms with Crippen LogP contribution in [0.2, 0.25) is 10.0 Å². The van der Waals surface area contributed by atoms with Crippen LogP contribution in [0.5, 0.6) is 5.75 Å². The molecule has 1 fully saturated rings. The number of nitrogens with zero attached hydrogens (tertiary/aromatic N) is 3. The quantitative estimate of drug-likeness (QED) is 0.305. The molecule has 1 aliphatic carbocycles. The number of fused-ring (bicyclic) bond motifs is 1. The summed E-state index contributed by atoms with van der Waals surface area (Å²) in [5, 5.41) is 15.0. The highest BCUT2D eigenvalue weighted by molar-refractivity contribution is 7.11. The number of halogens is 3. The molecule has 2 aromatic heterocycles. The van der Waals surface area contributed by atoms with Crippen molar-refractivity contribution in [3.8, 4) is 5.75 Å². The molecule has 1 aliphatic rings. The van der Waals surface area contributed by atoms with Crippen LogP contribution in [0.1, 0.15) is 52.1 Å². The molecule has 1 saturated carbocycles. The first-order valence-electron chi connectivity index (χ1n) is 11.2. The Labute approximate surface area is 215 Å². The van der Waals surface area contributed by atoms with Gasteiger partial charge in [-0.2, -0.15) is 0 Å². The van der Waals surface area contributed by atoms with E-state index in [4.69, 9.17) is 27.9 Å². The predicted molar refractivity (Wildman–Crippen MR) is 135 cm³/mol. The Bertz CT molecular complexity index is 1370. The third-order valence-electron chi connectivity index (χ3n) is 6.03. The van der Waals surface area contributed by atoms with Crippen LogP contribution in [0.3, 0.4) is 0 Å². The number of benzene rings is 2. The lowest BCUT2D eigenvalue weighted by atomic mass is 9.86. The molecule has 2 heterocycles. The molecular formula is C25H21Cl2FN4O2S. The van der Waals surface area contributed by atoms with Crippen molar-refractivity contribution in [1.29, 1.82) is 0 Å². The Balaban J connectivity index is 1.13. The van der Waals surface area contributed by atoms with Gasteiger partial charge in [-0.3, -0.25) is 4.79 Å². The van der Waals surface area contributed by atoms with Gasteiger partial charge in [0.05, 0.1) is 10.5 Å². The molecule has 4 aromatic rings. The number of nitrogens with one attached hydrogen (secondary N) is 1. The van der Waals surface area contributed by atoms with Crippen LogP contribution in [-0.2, 0) is 6.61 Å². The van der Waals surface area contributed by atoms with Crippen LogP contribution >= 0.6 is 34.5 Å². The number of ether oxygens (including phenoxy) is 1. The largest absolute Gasteiger partial charge is 0.486 e. The van der Waals surface area contributed by atoms with Gasteiger partial charge in [-0.1, -0.05) is 40.6 Å². The van der Waals surface area contributed by atoms with Gasteiger partial charge in [-0.05, 0) is 62.1 Å². The van der Waals surface area contributed by atoms with Crippen molar-refractivity contribution in [3.63, 3.8) is 0 Å². The molecule has 180 valence electrons. The van der Waals surface area contributed by atoms with E-state index >= 15 is 0 Å². The summed E-state index contributed by atoms with van der Waals surface area (Å²) in [6, 6.07) is 13.4. The number of pyridine rings is 1. The van der Waals surface area contributed by atoms with E-state index < -0.39 is 5.82 Å². The normalized spacial score (nSPS) is 17.9. The number of carbonyl (C=O) groups is 1. The maximum atomic E-state index is 13.6. The highest BCUT2D eigenvalue weighted by Crippen LogP contribution is 2.35. The molecule has 2 aromatic carbocycles. The molecular weight excluding hydrogens is 510 g/mol. The maximum Gasteiger partial charge on any atom is 0.270 e. The van der Waals surface area contributed by atoms with E-state index in [0.29, 0.717) is 22.4 Å². The molecule has 1 amide bonds. The minimum atomic E-state index is -0.521. The Morgan fingerprint density at radius 3 is 2.69 bits per heavy atom. The standard InChI is InChI=1S/C25H21Cl2FN4O2S/c26-16-4-10-21-15(11-16)3-9-22(30-21)24(33)29-17-5-1-14(2-6-17)25-32-31-23(35-25)13-34-18-7-8-19(27)20(28)12-18/h3-4,7-12,14,17H,1-2,5-6,13H2,(H,29,33). The summed E-state index contributed by atoms with van der Waals surface area (Å²) < 4.78 is 19.2. The van der Waals surface area contributed by atoms with Gasteiger partial charge in [-0.15, -0.1) is 10.2 Å². The summed E-state index contributed by atoms with van der Waals surface area (Å²) in [5.41, 5.74) is 1.14. The van der Waals surface area contributed by atoms with Crippen LogP contribution in [-0.4, -0.2) is 27.1 Å². The summed E-state index contributed by atoms with van der Waals surface area (Å²) in [7, 11) is 0. The van der Waals surface area contributed by atoms with Crippen LogP contribution < -0.4 is 10.1 Å². The smallest absolute Gasteiger partial charge is 0.270 e. The zero-order valence-corrected chi connectivity index (χ0v) is 20.8. The highest BCUT2D eigenvalue weighted by Gasteiger charge is 2.26. The maximum absolute atomic E-state index is 13.6. The average molecular weight is 531 g/mol. The summed E-state index contributed by atoms with van der Waals surface area (Å²) in [6.07, 6.45) is 3.53. The first-order chi connectivity index (χ1) is 16.9. The first kappa shape index (κ1) is 23.9. The number of aromatic nitrogens is 3. The lowest BCUT2D eigenvalue weighted by Gasteiger charge is -2.27. The van der Waals surface area contributed by atoms with Gasteiger partial charge in [0.2, 0.25) is 0 Å². The predicted octanol–water partition coefficient (Wildman–Crippen LogP) is 6.57. The van der Waals surface area contributed by atoms with Crippen molar-refractivity contribution in [2.75, 3.05) is 0 Å². The Kier molecular flexibility index (Phi) is 7.13. The fraction of sp³-hybridized carbons (Fsp3) is 0.280. The molecule has 0 unspecified atom stereocenters.